The summed E-state index contributed by atoms with van der Waals surface area (Å²) in [5.74, 6) is 2.44. The van der Waals surface area contributed by atoms with Crippen LogP contribution in [-0.2, 0) is 0 Å². The van der Waals surface area contributed by atoms with Crippen LogP contribution >= 0.6 is 0 Å². The maximum atomic E-state index is 5.80. The Morgan fingerprint density at radius 2 is 1.71 bits per heavy atom. The van der Waals surface area contributed by atoms with E-state index in [2.05, 4.69) is 20.3 Å². The third-order valence-corrected chi connectivity index (χ3v) is 3.23. The Bertz CT molecular complexity index is 814. The molecule has 2 aromatic heterocycles. The monoisotopic (exact) mass is 322 g/mol. The van der Waals surface area contributed by atoms with Crippen LogP contribution < -0.4 is 14.8 Å². The van der Waals surface area contributed by atoms with Gasteiger partial charge in [0.25, 0.3) is 0 Å². The predicted molar refractivity (Wildman–Crippen MR) is 92.1 cm³/mol. The van der Waals surface area contributed by atoms with Crippen LogP contribution in [0, 0.1) is 13.8 Å². The SMILES string of the molecule is COc1ccc(Oc2cccc(Nc3nc(C)cc(C)n3)c2)cn1. The molecule has 0 amide bonds. The lowest BCUT2D eigenvalue weighted by Gasteiger charge is -2.09. The summed E-state index contributed by atoms with van der Waals surface area (Å²) < 4.78 is 10.8. The molecule has 0 saturated heterocycles. The van der Waals surface area contributed by atoms with Gasteiger partial charge in [0, 0.05) is 29.2 Å². The van der Waals surface area contributed by atoms with Gasteiger partial charge >= 0.3 is 0 Å². The molecule has 0 saturated carbocycles. The fourth-order valence-electron chi connectivity index (χ4n) is 2.23. The Hall–Kier alpha value is -3.15. The van der Waals surface area contributed by atoms with Gasteiger partial charge < -0.3 is 14.8 Å². The summed E-state index contributed by atoms with van der Waals surface area (Å²) in [5.41, 5.74) is 2.68. The van der Waals surface area contributed by atoms with Gasteiger partial charge in [-0.2, -0.15) is 0 Å². The van der Waals surface area contributed by atoms with Crippen molar-refractivity contribution in [2.45, 2.75) is 13.8 Å². The maximum Gasteiger partial charge on any atom is 0.227 e. The van der Waals surface area contributed by atoms with Crippen molar-refractivity contribution < 1.29 is 9.47 Å². The molecule has 122 valence electrons. The Morgan fingerprint density at radius 3 is 2.38 bits per heavy atom. The van der Waals surface area contributed by atoms with Crippen LogP contribution in [0.4, 0.5) is 11.6 Å². The third kappa shape index (κ3) is 3.98. The van der Waals surface area contributed by atoms with Crippen molar-refractivity contribution in [2.24, 2.45) is 0 Å². The van der Waals surface area contributed by atoms with E-state index in [9.17, 15) is 0 Å². The fourth-order valence-corrected chi connectivity index (χ4v) is 2.23. The molecule has 6 nitrogen and oxygen atoms in total. The molecule has 3 aromatic rings. The van der Waals surface area contributed by atoms with Crippen LogP contribution in [0.5, 0.6) is 17.4 Å². The molecular weight excluding hydrogens is 304 g/mol. The van der Waals surface area contributed by atoms with E-state index in [1.165, 1.54) is 0 Å². The minimum absolute atomic E-state index is 0.546. The number of anilines is 2. The average molecular weight is 322 g/mol. The van der Waals surface area contributed by atoms with Gasteiger partial charge in [0.15, 0.2) is 0 Å². The van der Waals surface area contributed by atoms with Crippen molar-refractivity contribution in [2.75, 3.05) is 12.4 Å². The van der Waals surface area contributed by atoms with E-state index >= 15 is 0 Å². The number of pyridine rings is 1. The zero-order chi connectivity index (χ0) is 16.9. The molecule has 0 bridgehead atoms. The van der Waals surface area contributed by atoms with Gasteiger partial charge in [-0.3, -0.25) is 0 Å². The lowest BCUT2D eigenvalue weighted by atomic mass is 10.3. The lowest BCUT2D eigenvalue weighted by molar-refractivity contribution is 0.395. The lowest BCUT2D eigenvalue weighted by Crippen LogP contribution is -2.00. The Morgan fingerprint density at radius 1 is 0.917 bits per heavy atom. The highest BCUT2D eigenvalue weighted by molar-refractivity contribution is 5.56. The zero-order valence-corrected chi connectivity index (χ0v) is 13.8. The topological polar surface area (TPSA) is 69.2 Å². The first-order valence-electron chi connectivity index (χ1n) is 7.49. The number of nitrogens with one attached hydrogen (secondary N) is 1. The smallest absolute Gasteiger partial charge is 0.227 e. The summed E-state index contributed by atoms with van der Waals surface area (Å²) in [6, 6.07) is 13.1. The van der Waals surface area contributed by atoms with Crippen LogP contribution in [0.15, 0.2) is 48.7 Å². The summed E-state index contributed by atoms with van der Waals surface area (Å²) in [7, 11) is 1.58. The van der Waals surface area contributed by atoms with E-state index in [1.807, 2.05) is 44.2 Å². The van der Waals surface area contributed by atoms with Crippen LogP contribution in [0.25, 0.3) is 0 Å². The Kier molecular flexibility index (Phi) is 4.56. The normalized spacial score (nSPS) is 10.3. The number of methoxy groups -OCH3 is 1. The van der Waals surface area contributed by atoms with Gasteiger partial charge in [-0.15, -0.1) is 0 Å². The molecule has 0 aliphatic carbocycles. The van der Waals surface area contributed by atoms with Gasteiger partial charge in [-0.25, -0.2) is 15.0 Å². The number of aromatic nitrogens is 3. The first-order chi connectivity index (χ1) is 11.6. The highest BCUT2D eigenvalue weighted by Gasteiger charge is 2.03. The van der Waals surface area contributed by atoms with Crippen molar-refractivity contribution in [1.29, 1.82) is 0 Å². The van der Waals surface area contributed by atoms with E-state index < -0.39 is 0 Å². The minimum atomic E-state index is 0.546. The molecule has 24 heavy (non-hydrogen) atoms. The second-order valence-corrected chi connectivity index (χ2v) is 5.27. The van der Waals surface area contributed by atoms with Crippen molar-refractivity contribution in [3.05, 3.63) is 60.0 Å². The minimum Gasteiger partial charge on any atom is -0.481 e. The average Bonchev–Trinajstić information content (AvgIpc) is 2.55. The first-order valence-corrected chi connectivity index (χ1v) is 7.49. The first kappa shape index (κ1) is 15.7. The van der Waals surface area contributed by atoms with Crippen molar-refractivity contribution in [1.82, 2.24) is 15.0 Å². The molecule has 1 aromatic carbocycles. The summed E-state index contributed by atoms with van der Waals surface area (Å²) >= 11 is 0. The van der Waals surface area contributed by atoms with Gasteiger partial charge in [0.1, 0.15) is 11.5 Å². The second-order valence-electron chi connectivity index (χ2n) is 5.27. The molecule has 3 rings (SSSR count). The number of rotatable bonds is 5. The second kappa shape index (κ2) is 6.95. The standard InChI is InChI=1S/C18H18N4O2/c1-12-9-13(2)21-18(20-12)22-14-5-4-6-15(10-14)24-16-7-8-17(23-3)19-11-16/h4-11H,1-3H3,(H,20,21,22). The molecule has 2 heterocycles. The van der Waals surface area contributed by atoms with Gasteiger partial charge in [0.2, 0.25) is 11.8 Å². The molecule has 0 aliphatic rings. The fraction of sp³-hybridized carbons (Fsp3) is 0.167. The molecule has 0 radical (unpaired) electrons. The Balaban J connectivity index is 1.75. The highest BCUT2D eigenvalue weighted by atomic mass is 16.5. The maximum absolute atomic E-state index is 5.80. The summed E-state index contributed by atoms with van der Waals surface area (Å²) in [6.45, 7) is 3.88. The van der Waals surface area contributed by atoms with E-state index in [-0.39, 0.29) is 0 Å². The molecule has 0 atom stereocenters. The molecule has 0 spiro atoms. The highest BCUT2D eigenvalue weighted by Crippen LogP contribution is 2.25. The van der Waals surface area contributed by atoms with Crippen LogP contribution in [0.1, 0.15) is 11.4 Å². The number of ether oxygens (including phenoxy) is 2. The molecule has 0 fully saturated rings. The predicted octanol–water partition coefficient (Wildman–Crippen LogP) is 4.03. The van der Waals surface area contributed by atoms with Gasteiger partial charge in [-0.05, 0) is 38.1 Å². The summed E-state index contributed by atoms with van der Waals surface area (Å²) in [5, 5.41) is 3.19. The van der Waals surface area contributed by atoms with Crippen LogP contribution in [-0.4, -0.2) is 22.1 Å². The summed E-state index contributed by atoms with van der Waals surface area (Å²) in [6.07, 6.45) is 1.62. The zero-order valence-electron chi connectivity index (χ0n) is 13.8. The van der Waals surface area contributed by atoms with Gasteiger partial charge in [0.05, 0.1) is 13.3 Å². The van der Waals surface area contributed by atoms with E-state index in [0.717, 1.165) is 17.1 Å². The number of hydrogen-bond donors (Lipinski definition) is 1. The van der Waals surface area contributed by atoms with Crippen molar-refractivity contribution >= 4 is 11.6 Å². The molecule has 1 N–H and O–H groups in total. The number of benzene rings is 1. The molecular formula is C18H18N4O2. The summed E-state index contributed by atoms with van der Waals surface area (Å²) in [4.78, 5) is 12.9. The van der Waals surface area contributed by atoms with Gasteiger partial charge in [-0.1, -0.05) is 6.07 Å². The Labute approximate surface area is 140 Å². The van der Waals surface area contributed by atoms with E-state index in [4.69, 9.17) is 9.47 Å². The van der Waals surface area contributed by atoms with Crippen molar-refractivity contribution in [3.8, 4) is 17.4 Å². The number of aryl methyl sites for hydroxylation is 2. The molecule has 0 unspecified atom stereocenters. The number of nitrogens with zero attached hydrogens (tertiary/aromatic N) is 3. The molecule has 6 heteroatoms. The third-order valence-electron chi connectivity index (χ3n) is 3.23. The van der Waals surface area contributed by atoms with Crippen LogP contribution in [0.3, 0.4) is 0 Å². The van der Waals surface area contributed by atoms with E-state index in [1.54, 1.807) is 25.4 Å². The quantitative estimate of drug-likeness (QED) is 0.765. The molecule has 0 aliphatic heterocycles. The van der Waals surface area contributed by atoms with E-state index in [0.29, 0.717) is 23.3 Å². The largest absolute Gasteiger partial charge is 0.481 e. The number of hydrogen-bond acceptors (Lipinski definition) is 6. The van der Waals surface area contributed by atoms with Crippen LogP contribution in [0.2, 0.25) is 0 Å². The van der Waals surface area contributed by atoms with Crippen molar-refractivity contribution in [3.63, 3.8) is 0 Å².